The van der Waals surface area contributed by atoms with E-state index in [-0.39, 0.29) is 36.4 Å². The first-order valence-corrected chi connectivity index (χ1v) is 12.6. The number of carbonyl (C=O) groups is 1. The maximum Gasteiger partial charge on any atom is 0.401 e. The summed E-state index contributed by atoms with van der Waals surface area (Å²) >= 11 is 0. The first-order valence-electron chi connectivity index (χ1n) is 12.6. The van der Waals surface area contributed by atoms with Crippen molar-refractivity contribution in [2.75, 3.05) is 5.32 Å². The summed E-state index contributed by atoms with van der Waals surface area (Å²) in [6.45, 7) is 3.93. The van der Waals surface area contributed by atoms with Crippen molar-refractivity contribution < 1.29 is 32.0 Å². The van der Waals surface area contributed by atoms with Crippen molar-refractivity contribution in [3.8, 4) is 11.1 Å². The molecule has 2 N–H and O–H groups in total. The van der Waals surface area contributed by atoms with Gasteiger partial charge in [0.25, 0.3) is 0 Å². The average Bonchev–Trinajstić information content (AvgIpc) is 3.47. The number of aliphatic hydroxyl groups excluding tert-OH is 1. The highest BCUT2D eigenvalue weighted by Gasteiger charge is 2.66. The lowest BCUT2D eigenvalue weighted by Crippen LogP contribution is -2.28. The Bertz CT molecular complexity index is 1520. The summed E-state index contributed by atoms with van der Waals surface area (Å²) in [6, 6.07) is 5.40. The van der Waals surface area contributed by atoms with Gasteiger partial charge in [0.05, 0.1) is 24.8 Å². The van der Waals surface area contributed by atoms with Gasteiger partial charge in [-0.1, -0.05) is 17.3 Å². The Morgan fingerprint density at radius 1 is 1.18 bits per heavy atom. The third-order valence-electron chi connectivity index (χ3n) is 6.83. The maximum atomic E-state index is 14.8. The number of benzene rings is 1. The van der Waals surface area contributed by atoms with E-state index in [9.17, 15) is 27.5 Å². The summed E-state index contributed by atoms with van der Waals surface area (Å²) < 4.78 is 61.1. The Kier molecular flexibility index (Phi) is 7.17. The van der Waals surface area contributed by atoms with E-state index in [1.807, 2.05) is 13.1 Å². The Morgan fingerprint density at radius 2 is 1.90 bits per heavy atom. The Balaban J connectivity index is 1.20. The number of aromatic nitrogens is 5. The fourth-order valence-electron chi connectivity index (χ4n) is 4.45. The van der Waals surface area contributed by atoms with Crippen molar-refractivity contribution in [3.63, 3.8) is 0 Å². The Labute approximate surface area is 226 Å². The number of nitrogens with one attached hydrogen (secondary N) is 1. The van der Waals surface area contributed by atoms with Gasteiger partial charge in [0, 0.05) is 42.2 Å². The van der Waals surface area contributed by atoms with Crippen LogP contribution < -0.4 is 5.32 Å². The fourth-order valence-corrected chi connectivity index (χ4v) is 4.45. The van der Waals surface area contributed by atoms with Gasteiger partial charge in [-0.2, -0.15) is 18.3 Å². The standard InChI is InChI=1S/C27H26F4N6O3/c1-15(38)13-37-14-19(16(2)35-37)8-23-32-11-20(12-33-23)17-3-4-18(21(28)7-17)9-25(39)34-24-10-22(40-36-24)26(5-6-26)27(29,30)31/h3-4,7,10-12,14-15,38H,5-6,8-9,13H2,1-2H3,(H,34,36,39)/t15-/m0/s1. The predicted octanol–water partition coefficient (Wildman–Crippen LogP) is 4.52. The smallest absolute Gasteiger partial charge is 0.391 e. The highest BCUT2D eigenvalue weighted by atomic mass is 19.4. The van der Waals surface area contributed by atoms with E-state index in [4.69, 9.17) is 4.52 Å². The van der Waals surface area contributed by atoms with Crippen molar-refractivity contribution in [3.05, 3.63) is 77.1 Å². The molecule has 0 unspecified atom stereocenters. The van der Waals surface area contributed by atoms with Gasteiger partial charge in [-0.3, -0.25) is 9.48 Å². The van der Waals surface area contributed by atoms with Crippen molar-refractivity contribution in [2.45, 2.75) is 63.8 Å². The van der Waals surface area contributed by atoms with Gasteiger partial charge >= 0.3 is 6.18 Å². The number of nitrogens with zero attached hydrogens (tertiary/aromatic N) is 5. The van der Waals surface area contributed by atoms with Crippen LogP contribution in [0.15, 0.2) is 47.4 Å². The van der Waals surface area contributed by atoms with Crippen molar-refractivity contribution in [2.24, 2.45) is 0 Å². The summed E-state index contributed by atoms with van der Waals surface area (Å²) in [4.78, 5) is 21.2. The third kappa shape index (κ3) is 5.74. The van der Waals surface area contributed by atoms with E-state index in [0.29, 0.717) is 29.9 Å². The molecule has 3 heterocycles. The van der Waals surface area contributed by atoms with Crippen LogP contribution in [-0.4, -0.2) is 48.2 Å². The summed E-state index contributed by atoms with van der Waals surface area (Å²) in [7, 11) is 0. The molecule has 1 atom stereocenters. The van der Waals surface area contributed by atoms with Crippen LogP contribution in [0.5, 0.6) is 0 Å². The molecular weight excluding hydrogens is 532 g/mol. The number of amides is 1. The minimum absolute atomic E-state index is 0.0967. The summed E-state index contributed by atoms with van der Waals surface area (Å²) in [6.07, 6.45) is -0.0871. The molecule has 1 amide bonds. The molecule has 0 saturated heterocycles. The highest BCUT2D eigenvalue weighted by Crippen LogP contribution is 2.59. The maximum absolute atomic E-state index is 14.8. The number of aliphatic hydroxyl groups is 1. The van der Waals surface area contributed by atoms with E-state index in [0.717, 1.165) is 17.3 Å². The second-order valence-electron chi connectivity index (χ2n) is 10.1. The van der Waals surface area contributed by atoms with E-state index in [1.165, 1.54) is 12.1 Å². The topological polar surface area (TPSA) is 119 Å². The fraction of sp³-hybridized carbons (Fsp3) is 0.370. The molecule has 0 bridgehead atoms. The van der Waals surface area contributed by atoms with Crippen LogP contribution >= 0.6 is 0 Å². The molecule has 1 fully saturated rings. The summed E-state index contributed by atoms with van der Waals surface area (Å²) in [5.74, 6) is -1.23. The largest absolute Gasteiger partial charge is 0.401 e. The van der Waals surface area contributed by atoms with Crippen LogP contribution in [0.25, 0.3) is 11.1 Å². The van der Waals surface area contributed by atoms with Crippen LogP contribution in [-0.2, 0) is 29.6 Å². The molecule has 0 spiro atoms. The SMILES string of the molecule is Cc1nn(C[C@H](C)O)cc1Cc1ncc(-c2ccc(CC(=O)Nc3cc(C4(C(F)(F)F)CC4)on3)c(F)c2)cn1. The molecule has 0 radical (unpaired) electrons. The van der Waals surface area contributed by atoms with Crippen LogP contribution in [0.2, 0.25) is 0 Å². The number of halogens is 4. The number of rotatable bonds is 9. The minimum Gasteiger partial charge on any atom is -0.391 e. The summed E-state index contributed by atoms with van der Waals surface area (Å²) in [5.41, 5.74) is 0.879. The highest BCUT2D eigenvalue weighted by molar-refractivity contribution is 5.91. The second kappa shape index (κ2) is 10.5. The van der Waals surface area contributed by atoms with Crippen LogP contribution in [0, 0.1) is 12.7 Å². The number of anilines is 1. The van der Waals surface area contributed by atoms with Crippen LogP contribution in [0.3, 0.4) is 0 Å². The molecule has 210 valence electrons. The normalized spacial score (nSPS) is 15.2. The number of alkyl halides is 3. The number of hydrogen-bond donors (Lipinski definition) is 2. The molecule has 4 aromatic rings. The molecule has 3 aromatic heterocycles. The summed E-state index contributed by atoms with van der Waals surface area (Å²) in [5, 5.41) is 19.8. The molecule has 5 rings (SSSR count). The number of hydrogen-bond acceptors (Lipinski definition) is 7. The molecule has 9 nitrogen and oxygen atoms in total. The van der Waals surface area contributed by atoms with Crippen LogP contribution in [0.4, 0.5) is 23.4 Å². The monoisotopic (exact) mass is 558 g/mol. The second-order valence-corrected chi connectivity index (χ2v) is 10.1. The van der Waals surface area contributed by atoms with Gasteiger partial charge in [-0.25, -0.2) is 14.4 Å². The Morgan fingerprint density at radius 3 is 2.52 bits per heavy atom. The van der Waals surface area contributed by atoms with Crippen LogP contribution in [0.1, 0.15) is 48.2 Å². The first kappa shape index (κ1) is 27.4. The van der Waals surface area contributed by atoms with Gasteiger partial charge in [-0.05, 0) is 43.9 Å². The predicted molar refractivity (Wildman–Crippen MR) is 135 cm³/mol. The van der Waals surface area contributed by atoms with E-state index in [2.05, 4.69) is 25.5 Å². The lowest BCUT2D eigenvalue weighted by Gasteiger charge is -2.14. The van der Waals surface area contributed by atoms with Gasteiger partial charge < -0.3 is 14.9 Å². The van der Waals surface area contributed by atoms with Crippen molar-refractivity contribution in [1.82, 2.24) is 24.9 Å². The van der Waals surface area contributed by atoms with Gasteiger partial charge in [0.15, 0.2) is 11.6 Å². The zero-order chi connectivity index (χ0) is 28.7. The van der Waals surface area contributed by atoms with Crippen molar-refractivity contribution in [1.29, 1.82) is 0 Å². The number of aryl methyl sites for hydroxylation is 1. The average molecular weight is 559 g/mol. The van der Waals surface area contributed by atoms with Gasteiger partial charge in [-0.15, -0.1) is 0 Å². The zero-order valence-electron chi connectivity index (χ0n) is 21.7. The van der Waals surface area contributed by atoms with Crippen molar-refractivity contribution >= 4 is 11.7 Å². The molecule has 40 heavy (non-hydrogen) atoms. The lowest BCUT2D eigenvalue weighted by atomic mass is 10.0. The molecule has 0 aliphatic heterocycles. The zero-order valence-corrected chi connectivity index (χ0v) is 21.7. The Hall–Kier alpha value is -4.13. The molecule has 1 aromatic carbocycles. The lowest BCUT2D eigenvalue weighted by molar-refractivity contribution is -0.165. The van der Waals surface area contributed by atoms with E-state index >= 15 is 0 Å². The minimum atomic E-state index is -4.47. The van der Waals surface area contributed by atoms with Gasteiger partial charge in [0.1, 0.15) is 17.1 Å². The molecule has 13 heteroatoms. The quantitative estimate of drug-likeness (QED) is 0.290. The molecule has 1 saturated carbocycles. The van der Waals surface area contributed by atoms with Gasteiger partial charge in [0.2, 0.25) is 5.91 Å². The van der Waals surface area contributed by atoms with E-state index in [1.54, 1.807) is 30.1 Å². The molecular formula is C27H26F4N6O3. The third-order valence-corrected chi connectivity index (χ3v) is 6.83. The molecule has 1 aliphatic rings. The molecule has 1 aliphatic carbocycles. The first-order chi connectivity index (χ1) is 18.9. The number of carbonyl (C=O) groups excluding carboxylic acids is 1. The van der Waals surface area contributed by atoms with E-state index < -0.39 is 29.4 Å².